The van der Waals surface area contributed by atoms with Crippen LogP contribution in [-0.2, 0) is 0 Å². The van der Waals surface area contributed by atoms with Crippen molar-refractivity contribution in [3.63, 3.8) is 0 Å². The molecule has 2 aliphatic heterocycles. The van der Waals surface area contributed by atoms with Crippen LogP contribution in [-0.4, -0.2) is 47.8 Å². The molecule has 0 saturated carbocycles. The molecule has 0 bridgehead atoms. The van der Waals surface area contributed by atoms with Crippen molar-refractivity contribution in [2.24, 2.45) is 0 Å². The molecule has 2 aliphatic rings. The molecule has 4 nitrogen and oxygen atoms in total. The molecule has 0 fully saturated rings. The first-order valence-electron chi connectivity index (χ1n) is 6.74. The average Bonchev–Trinajstić information content (AvgIpc) is 3.18. The van der Waals surface area contributed by atoms with Crippen LogP contribution in [0.1, 0.15) is 20.7 Å². The van der Waals surface area contributed by atoms with E-state index in [4.69, 9.17) is 0 Å². The molecule has 0 N–H and O–H groups in total. The fourth-order valence-electron chi connectivity index (χ4n) is 2.41. The Bertz CT molecular complexity index is 518. The van der Waals surface area contributed by atoms with Gasteiger partial charge in [0.2, 0.25) is 0 Å². The van der Waals surface area contributed by atoms with Crippen molar-refractivity contribution >= 4 is 11.8 Å². The first-order chi connectivity index (χ1) is 9.75. The van der Waals surface area contributed by atoms with Crippen molar-refractivity contribution in [1.29, 1.82) is 0 Å². The predicted octanol–water partition coefficient (Wildman–Crippen LogP) is 1.71. The minimum atomic E-state index is 0.0110. The molecule has 0 aromatic heterocycles. The number of amides is 2. The van der Waals surface area contributed by atoms with Gasteiger partial charge < -0.3 is 9.80 Å². The zero-order valence-electron chi connectivity index (χ0n) is 11.2. The molecule has 2 heterocycles. The van der Waals surface area contributed by atoms with E-state index in [9.17, 15) is 9.59 Å². The third kappa shape index (κ3) is 2.37. The van der Waals surface area contributed by atoms with Crippen LogP contribution in [0.2, 0.25) is 0 Å². The normalized spacial score (nSPS) is 17.0. The Morgan fingerprint density at radius 1 is 0.650 bits per heavy atom. The van der Waals surface area contributed by atoms with Crippen LogP contribution in [0.15, 0.2) is 48.6 Å². The summed E-state index contributed by atoms with van der Waals surface area (Å²) in [6, 6.07) is 6.93. The quantitative estimate of drug-likeness (QED) is 0.766. The van der Waals surface area contributed by atoms with Gasteiger partial charge in [-0.3, -0.25) is 9.59 Å². The lowest BCUT2D eigenvalue weighted by Crippen LogP contribution is -2.29. The van der Waals surface area contributed by atoms with Gasteiger partial charge in [-0.05, 0) is 24.3 Å². The van der Waals surface area contributed by atoms with Gasteiger partial charge in [-0.2, -0.15) is 0 Å². The molecule has 102 valence electrons. The van der Waals surface area contributed by atoms with E-state index in [1.54, 1.807) is 34.1 Å². The molecule has 1 aromatic rings. The monoisotopic (exact) mass is 268 g/mol. The molecule has 1 aromatic carbocycles. The van der Waals surface area contributed by atoms with Crippen molar-refractivity contribution in [1.82, 2.24) is 9.80 Å². The number of hydrogen-bond acceptors (Lipinski definition) is 2. The Hall–Kier alpha value is -2.36. The lowest BCUT2D eigenvalue weighted by molar-refractivity contribution is 0.0788. The molecule has 0 atom stereocenters. The Balaban J connectivity index is 1.70. The third-order valence-corrected chi connectivity index (χ3v) is 3.59. The number of carbonyl (C=O) groups is 2. The number of nitrogens with zero attached hydrogens (tertiary/aromatic N) is 2. The summed E-state index contributed by atoms with van der Waals surface area (Å²) in [7, 11) is 0. The van der Waals surface area contributed by atoms with Crippen molar-refractivity contribution in [2.75, 3.05) is 26.2 Å². The predicted molar refractivity (Wildman–Crippen MR) is 76.5 cm³/mol. The standard InChI is InChI=1S/C16H16N2O2/c19-15(17-9-1-2-10-17)13-5-7-14(8-6-13)16(20)18-11-3-4-12-18/h1-8H,9-12H2. The number of carbonyl (C=O) groups excluding carboxylic acids is 2. The second kappa shape index (κ2) is 5.33. The maximum atomic E-state index is 12.2. The van der Waals surface area contributed by atoms with Crippen LogP contribution < -0.4 is 0 Å². The summed E-state index contributed by atoms with van der Waals surface area (Å²) in [5, 5.41) is 0. The fraction of sp³-hybridized carbons (Fsp3) is 0.250. The van der Waals surface area contributed by atoms with Crippen molar-refractivity contribution < 1.29 is 9.59 Å². The Labute approximate surface area is 118 Å². The summed E-state index contributed by atoms with van der Waals surface area (Å²) >= 11 is 0. The zero-order chi connectivity index (χ0) is 13.9. The lowest BCUT2D eigenvalue weighted by atomic mass is 10.1. The van der Waals surface area contributed by atoms with E-state index in [0.29, 0.717) is 37.3 Å². The molecule has 4 heteroatoms. The lowest BCUT2D eigenvalue weighted by Gasteiger charge is -2.17. The summed E-state index contributed by atoms with van der Waals surface area (Å²) in [5.74, 6) is 0.0219. The van der Waals surface area contributed by atoms with Crippen molar-refractivity contribution in [3.05, 3.63) is 59.7 Å². The van der Waals surface area contributed by atoms with Gasteiger partial charge in [-0.25, -0.2) is 0 Å². The van der Waals surface area contributed by atoms with E-state index >= 15 is 0 Å². The number of benzene rings is 1. The second-order valence-corrected chi connectivity index (χ2v) is 4.94. The topological polar surface area (TPSA) is 40.6 Å². The average molecular weight is 268 g/mol. The molecular weight excluding hydrogens is 252 g/mol. The largest absolute Gasteiger partial charge is 0.331 e. The highest BCUT2D eigenvalue weighted by Gasteiger charge is 2.19. The van der Waals surface area contributed by atoms with Gasteiger partial charge >= 0.3 is 0 Å². The van der Waals surface area contributed by atoms with Crippen LogP contribution in [0.4, 0.5) is 0 Å². The van der Waals surface area contributed by atoms with E-state index in [1.807, 2.05) is 24.3 Å². The first-order valence-corrected chi connectivity index (χ1v) is 6.74. The van der Waals surface area contributed by atoms with Crippen molar-refractivity contribution in [3.8, 4) is 0 Å². The van der Waals surface area contributed by atoms with Crippen LogP contribution in [0.25, 0.3) is 0 Å². The summed E-state index contributed by atoms with van der Waals surface area (Å²) in [6.07, 6.45) is 7.93. The maximum absolute atomic E-state index is 12.2. The first kappa shape index (κ1) is 12.7. The zero-order valence-corrected chi connectivity index (χ0v) is 11.2. The molecule has 20 heavy (non-hydrogen) atoms. The van der Waals surface area contributed by atoms with Crippen molar-refractivity contribution in [2.45, 2.75) is 0 Å². The summed E-state index contributed by atoms with van der Waals surface area (Å²) in [5.41, 5.74) is 1.26. The maximum Gasteiger partial charge on any atom is 0.254 e. The Kier molecular flexibility index (Phi) is 3.37. The van der Waals surface area contributed by atoms with Gasteiger partial charge in [0.1, 0.15) is 0 Å². The Morgan fingerprint density at radius 3 is 1.25 bits per heavy atom. The molecule has 0 saturated heterocycles. The van der Waals surface area contributed by atoms with Gasteiger partial charge in [0.05, 0.1) is 0 Å². The van der Waals surface area contributed by atoms with Gasteiger partial charge in [0.25, 0.3) is 11.8 Å². The van der Waals surface area contributed by atoms with Crippen LogP contribution in [0, 0.1) is 0 Å². The van der Waals surface area contributed by atoms with Gasteiger partial charge in [0.15, 0.2) is 0 Å². The van der Waals surface area contributed by atoms with Crippen LogP contribution in [0.5, 0.6) is 0 Å². The Morgan fingerprint density at radius 2 is 0.950 bits per heavy atom. The highest BCUT2D eigenvalue weighted by molar-refractivity contribution is 5.98. The highest BCUT2D eigenvalue weighted by Crippen LogP contribution is 2.13. The molecule has 0 spiro atoms. The smallest absolute Gasteiger partial charge is 0.254 e. The molecule has 0 radical (unpaired) electrons. The molecular formula is C16H16N2O2. The summed E-state index contributed by atoms with van der Waals surface area (Å²) in [4.78, 5) is 27.9. The van der Waals surface area contributed by atoms with E-state index in [1.165, 1.54) is 0 Å². The van der Waals surface area contributed by atoms with E-state index in [2.05, 4.69) is 0 Å². The SMILES string of the molecule is O=C(c1ccc(C(=O)N2CC=CC2)cc1)N1CC=CC1. The molecule has 3 rings (SSSR count). The van der Waals surface area contributed by atoms with E-state index in [-0.39, 0.29) is 11.8 Å². The summed E-state index contributed by atoms with van der Waals surface area (Å²) in [6.45, 7) is 2.66. The fourth-order valence-corrected chi connectivity index (χ4v) is 2.41. The number of hydrogen-bond donors (Lipinski definition) is 0. The van der Waals surface area contributed by atoms with E-state index in [0.717, 1.165) is 0 Å². The van der Waals surface area contributed by atoms with E-state index < -0.39 is 0 Å². The second-order valence-electron chi connectivity index (χ2n) is 4.94. The molecule has 2 amide bonds. The molecule has 0 aliphatic carbocycles. The minimum absolute atomic E-state index is 0.0110. The van der Waals surface area contributed by atoms with Gasteiger partial charge in [-0.1, -0.05) is 24.3 Å². The molecule has 0 unspecified atom stereocenters. The van der Waals surface area contributed by atoms with Gasteiger partial charge in [-0.15, -0.1) is 0 Å². The van der Waals surface area contributed by atoms with Crippen LogP contribution in [0.3, 0.4) is 0 Å². The van der Waals surface area contributed by atoms with Crippen LogP contribution >= 0.6 is 0 Å². The minimum Gasteiger partial charge on any atom is -0.331 e. The highest BCUT2D eigenvalue weighted by atomic mass is 16.2. The number of rotatable bonds is 2. The third-order valence-electron chi connectivity index (χ3n) is 3.59. The van der Waals surface area contributed by atoms with Gasteiger partial charge in [0, 0.05) is 37.3 Å². The summed E-state index contributed by atoms with van der Waals surface area (Å²) < 4.78 is 0.